The molecular formula is C21H26ClFN4O3. The molecule has 1 aliphatic heterocycles. The molecule has 1 aromatic carbocycles. The van der Waals surface area contributed by atoms with Gasteiger partial charge >= 0.3 is 6.03 Å². The third-order valence-electron chi connectivity index (χ3n) is 6.22. The fourth-order valence-electron chi connectivity index (χ4n) is 4.36. The quantitative estimate of drug-likeness (QED) is 0.643. The van der Waals surface area contributed by atoms with Gasteiger partial charge in [0.1, 0.15) is 11.4 Å². The summed E-state index contributed by atoms with van der Waals surface area (Å²) in [6.07, 6.45) is 6.07. The molecule has 0 unspecified atom stereocenters. The number of nitrogens with one attached hydrogen (secondary N) is 2. The van der Waals surface area contributed by atoms with Crippen LogP contribution in [-0.4, -0.2) is 45.9 Å². The highest BCUT2D eigenvalue weighted by Gasteiger charge is 2.52. The summed E-state index contributed by atoms with van der Waals surface area (Å²) in [5, 5.41) is 3.95. The molecule has 4 amide bonds. The minimum absolute atomic E-state index is 0.0899. The van der Waals surface area contributed by atoms with Gasteiger partial charge in [-0.25, -0.2) is 9.18 Å². The minimum atomic E-state index is -0.871. The van der Waals surface area contributed by atoms with Crippen LogP contribution in [0.5, 0.6) is 0 Å². The van der Waals surface area contributed by atoms with Crippen LogP contribution in [0, 0.1) is 5.82 Å². The van der Waals surface area contributed by atoms with Crippen molar-refractivity contribution < 1.29 is 18.8 Å². The van der Waals surface area contributed by atoms with Crippen molar-refractivity contribution in [3.8, 4) is 0 Å². The maximum atomic E-state index is 14.1. The highest BCUT2D eigenvalue weighted by molar-refractivity contribution is 6.31. The number of benzene rings is 1. The normalized spacial score (nSPS) is 20.7. The molecule has 2 N–H and O–H groups in total. The molecule has 0 radical (unpaired) electrons. The second kappa shape index (κ2) is 8.51. The lowest BCUT2D eigenvalue weighted by molar-refractivity contribution is -0.140. The van der Waals surface area contributed by atoms with Crippen LogP contribution in [0.3, 0.4) is 0 Å². The standard InChI is InChI=1S/C21H26ClFN4O3/c22-16-5-4-6-17(23)15(16)13-26(14-7-8-14)12-9-18(28)25-27-19(29)21(24-20(27)30)10-2-1-3-11-21/h4-6,14H,1-3,7-13H2,(H,24,30)(H,25,28). The Balaban J connectivity index is 1.34. The highest BCUT2D eigenvalue weighted by atomic mass is 35.5. The summed E-state index contributed by atoms with van der Waals surface area (Å²) in [5.74, 6) is -1.16. The number of hydrogen-bond acceptors (Lipinski definition) is 4. The topological polar surface area (TPSA) is 81.8 Å². The molecule has 1 spiro atoms. The summed E-state index contributed by atoms with van der Waals surface area (Å²) in [6, 6.07) is 4.30. The van der Waals surface area contributed by atoms with Gasteiger partial charge in [-0.05, 0) is 37.8 Å². The van der Waals surface area contributed by atoms with Crippen LogP contribution in [0.25, 0.3) is 0 Å². The first-order valence-electron chi connectivity index (χ1n) is 10.5. The van der Waals surface area contributed by atoms with Crippen LogP contribution < -0.4 is 10.7 Å². The first-order valence-corrected chi connectivity index (χ1v) is 10.9. The number of urea groups is 1. The first-order chi connectivity index (χ1) is 14.4. The molecule has 0 aromatic heterocycles. The lowest BCUT2D eigenvalue weighted by Crippen LogP contribution is -2.51. The zero-order valence-corrected chi connectivity index (χ0v) is 17.5. The Hall–Kier alpha value is -2.19. The molecule has 3 aliphatic rings. The van der Waals surface area contributed by atoms with Crippen molar-refractivity contribution in [2.24, 2.45) is 0 Å². The van der Waals surface area contributed by atoms with Crippen LogP contribution in [0.15, 0.2) is 18.2 Å². The molecule has 1 heterocycles. The van der Waals surface area contributed by atoms with Gasteiger partial charge in [0.05, 0.1) is 0 Å². The predicted octanol–water partition coefficient (Wildman–Crippen LogP) is 3.12. The fraction of sp³-hybridized carbons (Fsp3) is 0.571. The number of imide groups is 1. The van der Waals surface area contributed by atoms with E-state index < -0.39 is 17.5 Å². The van der Waals surface area contributed by atoms with Gasteiger partial charge in [0, 0.05) is 36.1 Å². The van der Waals surface area contributed by atoms with E-state index in [0.717, 1.165) is 37.1 Å². The molecule has 3 fully saturated rings. The van der Waals surface area contributed by atoms with Crippen molar-refractivity contribution in [1.82, 2.24) is 20.7 Å². The number of carbonyl (C=O) groups is 3. The van der Waals surface area contributed by atoms with Crippen molar-refractivity contribution in [1.29, 1.82) is 0 Å². The van der Waals surface area contributed by atoms with E-state index in [1.807, 2.05) is 4.90 Å². The van der Waals surface area contributed by atoms with E-state index in [9.17, 15) is 18.8 Å². The van der Waals surface area contributed by atoms with Crippen LogP contribution in [0.4, 0.5) is 9.18 Å². The van der Waals surface area contributed by atoms with E-state index in [2.05, 4.69) is 10.7 Å². The maximum Gasteiger partial charge on any atom is 0.344 e. The van der Waals surface area contributed by atoms with Gasteiger partial charge in [-0.15, -0.1) is 0 Å². The summed E-state index contributed by atoms with van der Waals surface area (Å²) in [4.78, 5) is 39.5. The highest BCUT2D eigenvalue weighted by Crippen LogP contribution is 2.33. The summed E-state index contributed by atoms with van der Waals surface area (Å²) >= 11 is 6.14. The van der Waals surface area contributed by atoms with Gasteiger partial charge in [0.15, 0.2) is 0 Å². The van der Waals surface area contributed by atoms with E-state index >= 15 is 0 Å². The van der Waals surface area contributed by atoms with Crippen LogP contribution in [0.1, 0.15) is 56.9 Å². The van der Waals surface area contributed by atoms with E-state index in [4.69, 9.17) is 11.6 Å². The van der Waals surface area contributed by atoms with Crippen molar-refractivity contribution in [2.45, 2.75) is 69.5 Å². The third-order valence-corrected chi connectivity index (χ3v) is 6.57. The smallest absolute Gasteiger partial charge is 0.322 e. The second-order valence-corrected chi connectivity index (χ2v) is 8.81. The monoisotopic (exact) mass is 436 g/mol. The van der Waals surface area contributed by atoms with Crippen molar-refractivity contribution in [2.75, 3.05) is 6.54 Å². The third kappa shape index (κ3) is 4.30. The number of nitrogens with zero attached hydrogens (tertiary/aromatic N) is 2. The number of amides is 4. The molecule has 0 atom stereocenters. The predicted molar refractivity (Wildman–Crippen MR) is 109 cm³/mol. The molecule has 2 saturated carbocycles. The maximum absolute atomic E-state index is 14.1. The van der Waals surface area contributed by atoms with Crippen molar-refractivity contribution in [3.05, 3.63) is 34.6 Å². The van der Waals surface area contributed by atoms with E-state index in [0.29, 0.717) is 36.5 Å². The van der Waals surface area contributed by atoms with Crippen LogP contribution in [-0.2, 0) is 16.1 Å². The van der Waals surface area contributed by atoms with Gasteiger partial charge < -0.3 is 5.32 Å². The lowest BCUT2D eigenvalue weighted by Gasteiger charge is -2.30. The second-order valence-electron chi connectivity index (χ2n) is 8.40. The summed E-state index contributed by atoms with van der Waals surface area (Å²) in [5.41, 5.74) is 2.00. The number of carbonyl (C=O) groups excluding carboxylic acids is 3. The summed E-state index contributed by atoms with van der Waals surface area (Å²) < 4.78 is 14.1. The molecule has 1 saturated heterocycles. The van der Waals surface area contributed by atoms with Crippen molar-refractivity contribution >= 4 is 29.4 Å². The molecule has 2 aliphatic carbocycles. The Labute approximate surface area is 179 Å². The molecule has 0 bridgehead atoms. The fourth-order valence-corrected chi connectivity index (χ4v) is 4.58. The van der Waals surface area contributed by atoms with Gasteiger partial charge in [-0.3, -0.25) is 19.9 Å². The first kappa shape index (κ1) is 21.1. The Kier molecular flexibility index (Phi) is 5.97. The SMILES string of the molecule is O=C(CCN(Cc1c(F)cccc1Cl)C1CC1)NN1C(=O)NC2(CCCCC2)C1=O. The Morgan fingerprint density at radius 3 is 2.67 bits per heavy atom. The zero-order chi connectivity index (χ0) is 21.3. The van der Waals surface area contributed by atoms with E-state index in [1.165, 1.54) is 6.07 Å². The van der Waals surface area contributed by atoms with E-state index in [1.54, 1.807) is 12.1 Å². The minimum Gasteiger partial charge on any atom is -0.322 e. The molecule has 162 valence electrons. The Morgan fingerprint density at radius 1 is 1.27 bits per heavy atom. The Bertz CT molecular complexity index is 834. The van der Waals surface area contributed by atoms with Gasteiger partial charge in [0.2, 0.25) is 5.91 Å². The molecule has 4 rings (SSSR count). The Morgan fingerprint density at radius 2 is 2.00 bits per heavy atom. The molecule has 30 heavy (non-hydrogen) atoms. The number of hydrogen-bond donors (Lipinski definition) is 2. The van der Waals surface area contributed by atoms with E-state index in [-0.39, 0.29) is 24.2 Å². The number of rotatable bonds is 7. The molecule has 7 nitrogen and oxygen atoms in total. The lowest BCUT2D eigenvalue weighted by atomic mass is 9.82. The van der Waals surface area contributed by atoms with Crippen molar-refractivity contribution in [3.63, 3.8) is 0 Å². The number of halogens is 2. The van der Waals surface area contributed by atoms with Crippen LogP contribution in [0.2, 0.25) is 5.02 Å². The molecule has 9 heteroatoms. The molecule has 1 aromatic rings. The summed E-state index contributed by atoms with van der Waals surface area (Å²) in [7, 11) is 0. The van der Waals surface area contributed by atoms with Gasteiger partial charge in [-0.2, -0.15) is 5.01 Å². The summed E-state index contributed by atoms with van der Waals surface area (Å²) in [6.45, 7) is 0.700. The van der Waals surface area contributed by atoms with Gasteiger partial charge in [-0.1, -0.05) is 36.9 Å². The molecular weight excluding hydrogens is 411 g/mol. The number of hydrazine groups is 1. The van der Waals surface area contributed by atoms with Gasteiger partial charge in [0.25, 0.3) is 5.91 Å². The zero-order valence-electron chi connectivity index (χ0n) is 16.8. The van der Waals surface area contributed by atoms with Crippen LogP contribution >= 0.6 is 11.6 Å². The average molecular weight is 437 g/mol. The average Bonchev–Trinajstić information content (AvgIpc) is 3.53. The largest absolute Gasteiger partial charge is 0.344 e.